The Labute approximate surface area is 135 Å². The predicted molar refractivity (Wildman–Crippen MR) is 85.8 cm³/mol. The van der Waals surface area contributed by atoms with Crippen LogP contribution in [0.4, 0.5) is 4.79 Å². The number of rotatable bonds is 6. The average molecular weight is 314 g/mol. The molecule has 1 saturated heterocycles. The van der Waals surface area contributed by atoms with Gasteiger partial charge in [0.15, 0.2) is 11.5 Å². The number of amides is 3. The van der Waals surface area contributed by atoms with Crippen molar-refractivity contribution in [1.29, 1.82) is 0 Å². The molecule has 1 aliphatic heterocycles. The van der Waals surface area contributed by atoms with E-state index < -0.39 is 6.03 Å². The summed E-state index contributed by atoms with van der Waals surface area (Å²) in [6.07, 6.45) is 6.79. The number of carbonyl (C=O) groups excluding carboxylic acids is 2. The first-order valence-corrected chi connectivity index (χ1v) is 7.28. The Kier molecular flexibility index (Phi) is 5.26. The number of terminal acetylenes is 1. The van der Waals surface area contributed by atoms with Crippen LogP contribution in [0.2, 0.25) is 0 Å². The summed E-state index contributed by atoms with van der Waals surface area (Å²) in [7, 11) is 0. The molecule has 0 aliphatic carbocycles. The van der Waals surface area contributed by atoms with Crippen molar-refractivity contribution in [2.75, 3.05) is 19.8 Å². The van der Waals surface area contributed by atoms with E-state index in [1.807, 2.05) is 6.92 Å². The van der Waals surface area contributed by atoms with Crippen molar-refractivity contribution < 1.29 is 19.1 Å². The lowest BCUT2D eigenvalue weighted by Crippen LogP contribution is -2.30. The highest BCUT2D eigenvalue weighted by atomic mass is 16.5. The van der Waals surface area contributed by atoms with Crippen molar-refractivity contribution in [3.05, 3.63) is 29.5 Å². The van der Waals surface area contributed by atoms with E-state index in [4.69, 9.17) is 15.9 Å². The number of likely N-dealkylation sites (N-methyl/N-ethyl adjacent to an activating group) is 1. The van der Waals surface area contributed by atoms with E-state index in [1.165, 1.54) is 0 Å². The van der Waals surface area contributed by atoms with Crippen molar-refractivity contribution >= 4 is 18.0 Å². The van der Waals surface area contributed by atoms with Crippen LogP contribution in [0, 0.1) is 12.3 Å². The molecular weight excluding hydrogens is 296 g/mol. The number of carbonyl (C=O) groups is 2. The highest BCUT2D eigenvalue weighted by Gasteiger charge is 2.31. The number of hydrogen-bond donors (Lipinski definition) is 1. The van der Waals surface area contributed by atoms with Crippen LogP contribution in [-0.4, -0.2) is 36.6 Å². The van der Waals surface area contributed by atoms with Crippen molar-refractivity contribution in [1.82, 2.24) is 10.2 Å². The maximum absolute atomic E-state index is 12.1. The normalized spacial score (nSPS) is 15.5. The van der Waals surface area contributed by atoms with Crippen LogP contribution in [0.3, 0.4) is 0 Å². The van der Waals surface area contributed by atoms with Gasteiger partial charge in [-0.3, -0.25) is 9.69 Å². The third kappa shape index (κ3) is 3.64. The molecule has 0 saturated carbocycles. The largest absolute Gasteiger partial charge is 0.490 e. The SMILES string of the molecule is C#CCOc1ccc(/C=C2/NC(=O)N(CC)C2=O)cc1OCC. The maximum Gasteiger partial charge on any atom is 0.328 e. The van der Waals surface area contributed by atoms with Gasteiger partial charge in [-0.15, -0.1) is 6.42 Å². The van der Waals surface area contributed by atoms with E-state index in [1.54, 1.807) is 31.2 Å². The van der Waals surface area contributed by atoms with E-state index in [0.29, 0.717) is 30.2 Å². The highest BCUT2D eigenvalue weighted by Crippen LogP contribution is 2.29. The molecule has 0 spiro atoms. The summed E-state index contributed by atoms with van der Waals surface area (Å²) in [5, 5.41) is 2.55. The van der Waals surface area contributed by atoms with Crippen molar-refractivity contribution in [3.8, 4) is 23.8 Å². The van der Waals surface area contributed by atoms with Crippen molar-refractivity contribution in [2.45, 2.75) is 13.8 Å². The molecule has 3 amide bonds. The Hall–Kier alpha value is -2.94. The lowest BCUT2D eigenvalue weighted by molar-refractivity contribution is -0.122. The van der Waals surface area contributed by atoms with Gasteiger partial charge in [-0.05, 0) is 37.6 Å². The number of nitrogens with one attached hydrogen (secondary N) is 1. The Morgan fingerprint density at radius 3 is 2.65 bits per heavy atom. The Balaban J connectivity index is 2.28. The van der Waals surface area contributed by atoms with E-state index in [-0.39, 0.29) is 18.2 Å². The number of nitrogens with zero attached hydrogens (tertiary/aromatic N) is 1. The second-order valence-corrected chi connectivity index (χ2v) is 4.67. The van der Waals surface area contributed by atoms with E-state index >= 15 is 0 Å². The lowest BCUT2D eigenvalue weighted by atomic mass is 10.1. The number of imide groups is 1. The zero-order chi connectivity index (χ0) is 16.8. The molecule has 1 aromatic carbocycles. The zero-order valence-corrected chi connectivity index (χ0v) is 13.1. The quantitative estimate of drug-likeness (QED) is 0.495. The van der Waals surface area contributed by atoms with Crippen molar-refractivity contribution in [3.63, 3.8) is 0 Å². The number of ether oxygens (including phenoxy) is 2. The van der Waals surface area contributed by atoms with Gasteiger partial charge in [0.05, 0.1) is 6.61 Å². The number of benzene rings is 1. The second kappa shape index (κ2) is 7.36. The number of hydrogen-bond acceptors (Lipinski definition) is 4. The molecule has 0 atom stereocenters. The van der Waals surface area contributed by atoms with Crippen LogP contribution in [0.25, 0.3) is 6.08 Å². The standard InChI is InChI=1S/C17H18N2O4/c1-4-9-23-14-8-7-12(11-15(14)22-6-3)10-13-16(20)19(5-2)17(21)18-13/h1,7-8,10-11H,5-6,9H2,2-3H3,(H,18,21)/b13-10+. The molecule has 0 bridgehead atoms. The third-order valence-corrected chi connectivity index (χ3v) is 3.17. The smallest absolute Gasteiger partial charge is 0.328 e. The molecule has 1 N–H and O–H groups in total. The fourth-order valence-corrected chi connectivity index (χ4v) is 2.15. The molecule has 0 unspecified atom stereocenters. The molecule has 23 heavy (non-hydrogen) atoms. The topological polar surface area (TPSA) is 67.9 Å². The van der Waals surface area contributed by atoms with Crippen molar-refractivity contribution in [2.24, 2.45) is 0 Å². The highest BCUT2D eigenvalue weighted by molar-refractivity contribution is 6.13. The fraction of sp³-hybridized carbons (Fsp3) is 0.294. The minimum Gasteiger partial charge on any atom is -0.490 e. The van der Waals surface area contributed by atoms with Gasteiger partial charge in [0.2, 0.25) is 0 Å². The Morgan fingerprint density at radius 2 is 2.04 bits per heavy atom. The molecule has 6 heteroatoms. The first kappa shape index (κ1) is 16.4. The van der Waals surface area contributed by atoms with Gasteiger partial charge < -0.3 is 14.8 Å². The molecule has 0 radical (unpaired) electrons. The van der Waals surface area contributed by atoms with Crippen LogP contribution < -0.4 is 14.8 Å². The van der Waals surface area contributed by atoms with E-state index in [9.17, 15) is 9.59 Å². The summed E-state index contributed by atoms with van der Waals surface area (Å²) >= 11 is 0. The van der Waals surface area contributed by atoms with Gasteiger partial charge in [-0.25, -0.2) is 4.79 Å². The first-order valence-electron chi connectivity index (χ1n) is 7.28. The molecular formula is C17H18N2O4. The minimum absolute atomic E-state index is 0.139. The molecule has 0 aromatic heterocycles. The average Bonchev–Trinajstić information content (AvgIpc) is 2.80. The molecule has 120 valence electrons. The lowest BCUT2D eigenvalue weighted by Gasteiger charge is -2.11. The molecule has 6 nitrogen and oxygen atoms in total. The first-order chi connectivity index (χ1) is 11.1. The van der Waals surface area contributed by atoms with Gasteiger partial charge in [0.25, 0.3) is 5.91 Å². The predicted octanol–water partition coefficient (Wildman–Crippen LogP) is 2.01. The molecule has 1 heterocycles. The fourth-order valence-electron chi connectivity index (χ4n) is 2.15. The summed E-state index contributed by atoms with van der Waals surface area (Å²) in [5.74, 6) is 3.11. The Bertz CT molecular complexity index is 688. The van der Waals surface area contributed by atoms with Crippen LogP contribution in [0.5, 0.6) is 11.5 Å². The monoisotopic (exact) mass is 314 g/mol. The van der Waals surface area contributed by atoms with Gasteiger partial charge in [0, 0.05) is 6.54 Å². The van der Waals surface area contributed by atoms with Gasteiger partial charge in [-0.1, -0.05) is 12.0 Å². The summed E-state index contributed by atoms with van der Waals surface area (Å²) in [6, 6.07) is 4.79. The Morgan fingerprint density at radius 1 is 1.26 bits per heavy atom. The molecule has 1 aliphatic rings. The van der Waals surface area contributed by atoms with Gasteiger partial charge >= 0.3 is 6.03 Å². The van der Waals surface area contributed by atoms with Crippen LogP contribution in [0.1, 0.15) is 19.4 Å². The summed E-state index contributed by atoms with van der Waals surface area (Å²) < 4.78 is 10.9. The second-order valence-electron chi connectivity index (χ2n) is 4.67. The minimum atomic E-state index is -0.414. The van der Waals surface area contributed by atoms with Gasteiger partial charge in [0.1, 0.15) is 12.3 Å². The van der Waals surface area contributed by atoms with E-state index in [0.717, 1.165) is 4.90 Å². The molecule has 1 fully saturated rings. The summed E-state index contributed by atoms with van der Waals surface area (Å²) in [4.78, 5) is 24.9. The van der Waals surface area contributed by atoms with Crippen LogP contribution in [-0.2, 0) is 4.79 Å². The maximum atomic E-state index is 12.1. The van der Waals surface area contributed by atoms with Crippen LogP contribution >= 0.6 is 0 Å². The molecule has 2 rings (SSSR count). The zero-order valence-electron chi connectivity index (χ0n) is 13.1. The van der Waals surface area contributed by atoms with Crippen LogP contribution in [0.15, 0.2) is 23.9 Å². The van der Waals surface area contributed by atoms with Gasteiger partial charge in [-0.2, -0.15) is 0 Å². The summed E-state index contributed by atoms with van der Waals surface area (Å²) in [6.45, 7) is 4.53. The summed E-state index contributed by atoms with van der Waals surface area (Å²) in [5.41, 5.74) is 0.944. The third-order valence-electron chi connectivity index (χ3n) is 3.17. The molecule has 1 aromatic rings. The number of urea groups is 1. The van der Waals surface area contributed by atoms with E-state index in [2.05, 4.69) is 11.2 Å².